The first-order valence-electron chi connectivity index (χ1n) is 9.32. The van der Waals surface area contributed by atoms with Gasteiger partial charge >= 0.3 is 0 Å². The van der Waals surface area contributed by atoms with Crippen molar-refractivity contribution in [2.75, 3.05) is 0 Å². The summed E-state index contributed by atoms with van der Waals surface area (Å²) in [6, 6.07) is 22.2. The maximum Gasteiger partial charge on any atom is 0.0155 e. The smallest absolute Gasteiger partial charge is 0.0155 e. The Balaban J connectivity index is 1.74. The van der Waals surface area contributed by atoms with Crippen LogP contribution in [0.15, 0.2) is 91.0 Å². The number of hydrogen-bond acceptors (Lipinski definition) is 0. The standard InChI is InChI=1S/C26H23I/c1-4-7-22-23-8-5-6-9-24(23)26(2,3)25(22)15-11-18-10-12-20-17-21(27)14-13-19(20)16-18/h4-10,12-17H,1,11H2,2-3H3/b22-7-,25-15+. The topological polar surface area (TPSA) is 0 Å². The molecular formula is C26H23I. The van der Waals surface area contributed by atoms with E-state index >= 15 is 0 Å². The Hall–Kier alpha value is -2.13. The van der Waals surface area contributed by atoms with Crippen molar-refractivity contribution in [3.8, 4) is 0 Å². The number of fused-ring (bicyclic) bond motifs is 2. The van der Waals surface area contributed by atoms with Crippen LogP contribution < -0.4 is 0 Å². The highest BCUT2D eigenvalue weighted by Crippen LogP contribution is 2.49. The number of rotatable bonds is 3. The Morgan fingerprint density at radius 3 is 2.52 bits per heavy atom. The van der Waals surface area contributed by atoms with Crippen molar-refractivity contribution in [1.29, 1.82) is 0 Å². The Bertz CT molecular complexity index is 1100. The minimum absolute atomic E-state index is 0.0123. The Morgan fingerprint density at radius 2 is 1.70 bits per heavy atom. The van der Waals surface area contributed by atoms with Gasteiger partial charge in [-0.25, -0.2) is 0 Å². The van der Waals surface area contributed by atoms with Gasteiger partial charge in [-0.1, -0.05) is 87.2 Å². The van der Waals surface area contributed by atoms with Gasteiger partial charge in [0.15, 0.2) is 0 Å². The van der Waals surface area contributed by atoms with E-state index in [1.54, 1.807) is 0 Å². The van der Waals surface area contributed by atoms with Gasteiger partial charge < -0.3 is 0 Å². The molecule has 1 heteroatoms. The quantitative estimate of drug-likeness (QED) is 0.354. The molecule has 0 N–H and O–H groups in total. The van der Waals surface area contributed by atoms with Crippen LogP contribution in [0.2, 0.25) is 0 Å². The largest absolute Gasteiger partial charge is 0.0990 e. The lowest BCUT2D eigenvalue weighted by molar-refractivity contribution is 0.658. The van der Waals surface area contributed by atoms with Gasteiger partial charge in [0.2, 0.25) is 0 Å². The first-order chi connectivity index (χ1) is 13.0. The molecule has 0 aliphatic heterocycles. The highest BCUT2D eigenvalue weighted by atomic mass is 127. The van der Waals surface area contributed by atoms with Crippen LogP contribution in [0.5, 0.6) is 0 Å². The number of halogens is 1. The predicted molar refractivity (Wildman–Crippen MR) is 126 cm³/mol. The molecule has 27 heavy (non-hydrogen) atoms. The van der Waals surface area contributed by atoms with Gasteiger partial charge in [-0.2, -0.15) is 0 Å². The predicted octanol–water partition coefficient (Wildman–Crippen LogP) is 7.47. The number of allylic oxidation sites excluding steroid dienone is 5. The monoisotopic (exact) mass is 462 g/mol. The van der Waals surface area contributed by atoms with Gasteiger partial charge in [-0.05, 0) is 79.8 Å². The van der Waals surface area contributed by atoms with Crippen molar-refractivity contribution >= 4 is 38.9 Å². The molecule has 1 aliphatic rings. The van der Waals surface area contributed by atoms with Crippen LogP contribution >= 0.6 is 22.6 Å². The Morgan fingerprint density at radius 1 is 0.963 bits per heavy atom. The third-order valence-corrected chi connectivity index (χ3v) is 6.22. The highest BCUT2D eigenvalue weighted by Gasteiger charge is 2.37. The Kier molecular flexibility index (Phi) is 4.81. The zero-order chi connectivity index (χ0) is 19.0. The normalized spacial score (nSPS) is 18.2. The van der Waals surface area contributed by atoms with Crippen LogP contribution in [0.25, 0.3) is 16.3 Å². The summed E-state index contributed by atoms with van der Waals surface area (Å²) < 4.78 is 1.28. The van der Waals surface area contributed by atoms with Crippen molar-refractivity contribution in [1.82, 2.24) is 0 Å². The van der Waals surface area contributed by atoms with Crippen LogP contribution in [0.4, 0.5) is 0 Å². The van der Waals surface area contributed by atoms with Crippen molar-refractivity contribution in [3.05, 3.63) is 111 Å². The van der Waals surface area contributed by atoms with Crippen LogP contribution in [-0.4, -0.2) is 0 Å². The van der Waals surface area contributed by atoms with Crippen LogP contribution in [-0.2, 0) is 11.8 Å². The average Bonchev–Trinajstić information content (AvgIpc) is 2.87. The third kappa shape index (κ3) is 3.29. The second kappa shape index (κ2) is 7.12. The van der Waals surface area contributed by atoms with E-state index in [2.05, 4.69) is 116 Å². The summed E-state index contributed by atoms with van der Waals surface area (Å²) in [5.41, 5.74) is 6.80. The zero-order valence-electron chi connectivity index (χ0n) is 15.8. The molecule has 0 atom stereocenters. The molecule has 0 bridgehead atoms. The molecule has 1 aliphatic carbocycles. The summed E-state index contributed by atoms with van der Waals surface area (Å²) in [7, 11) is 0. The maximum absolute atomic E-state index is 3.93. The molecular weight excluding hydrogens is 439 g/mol. The first-order valence-corrected chi connectivity index (χ1v) is 10.4. The summed E-state index contributed by atoms with van der Waals surface area (Å²) in [6.45, 7) is 8.58. The van der Waals surface area contributed by atoms with Crippen molar-refractivity contribution in [2.45, 2.75) is 25.7 Å². The van der Waals surface area contributed by atoms with Crippen molar-refractivity contribution in [3.63, 3.8) is 0 Å². The summed E-state index contributed by atoms with van der Waals surface area (Å²) >= 11 is 2.37. The molecule has 0 nitrogen and oxygen atoms in total. The lowest BCUT2D eigenvalue weighted by Crippen LogP contribution is -2.15. The minimum atomic E-state index is 0.0123. The van der Waals surface area contributed by atoms with Gasteiger partial charge in [-0.15, -0.1) is 0 Å². The summed E-state index contributed by atoms with van der Waals surface area (Å²) in [5.74, 6) is 0. The molecule has 0 saturated carbocycles. The van der Waals surface area contributed by atoms with Gasteiger partial charge in [0, 0.05) is 8.99 Å². The molecule has 0 heterocycles. The molecule has 0 fully saturated rings. The van der Waals surface area contributed by atoms with Gasteiger partial charge in [-0.3, -0.25) is 0 Å². The molecule has 0 aromatic heterocycles. The van der Waals surface area contributed by atoms with Crippen LogP contribution in [0, 0.1) is 3.57 Å². The average molecular weight is 462 g/mol. The van der Waals surface area contributed by atoms with Crippen molar-refractivity contribution in [2.24, 2.45) is 0 Å². The molecule has 0 radical (unpaired) electrons. The maximum atomic E-state index is 3.93. The molecule has 3 aromatic rings. The van der Waals surface area contributed by atoms with Gasteiger partial charge in [0.1, 0.15) is 0 Å². The number of benzene rings is 3. The zero-order valence-corrected chi connectivity index (χ0v) is 18.0. The fourth-order valence-electron chi connectivity index (χ4n) is 4.17. The van der Waals surface area contributed by atoms with Crippen molar-refractivity contribution < 1.29 is 0 Å². The molecule has 4 rings (SSSR count). The summed E-state index contributed by atoms with van der Waals surface area (Å²) in [5, 5.41) is 2.61. The molecule has 0 spiro atoms. The molecule has 0 saturated heterocycles. The van der Waals surface area contributed by atoms with E-state index < -0.39 is 0 Å². The van der Waals surface area contributed by atoms with Crippen LogP contribution in [0.1, 0.15) is 30.5 Å². The number of hydrogen-bond donors (Lipinski definition) is 0. The lowest BCUT2D eigenvalue weighted by Gasteiger charge is -2.22. The van der Waals surface area contributed by atoms with E-state index in [0.717, 1.165) is 6.42 Å². The molecule has 0 unspecified atom stereocenters. The van der Waals surface area contributed by atoms with Gasteiger partial charge in [0.25, 0.3) is 0 Å². The third-order valence-electron chi connectivity index (χ3n) is 5.55. The van der Waals surface area contributed by atoms with Gasteiger partial charge in [0.05, 0.1) is 0 Å². The SMILES string of the molecule is C=C/C=C1\C(=C/Cc2ccc3cc(I)ccc3c2)C(C)(C)c2ccccc21. The van der Waals surface area contributed by atoms with E-state index in [1.165, 1.54) is 42.2 Å². The first kappa shape index (κ1) is 18.2. The van der Waals surface area contributed by atoms with Crippen LogP contribution in [0.3, 0.4) is 0 Å². The Labute approximate surface area is 175 Å². The molecule has 3 aromatic carbocycles. The summed E-state index contributed by atoms with van der Waals surface area (Å²) in [6.07, 6.45) is 7.40. The van der Waals surface area contributed by atoms with E-state index in [9.17, 15) is 0 Å². The van der Waals surface area contributed by atoms with E-state index in [1.807, 2.05) is 6.08 Å². The minimum Gasteiger partial charge on any atom is -0.0990 e. The van der Waals surface area contributed by atoms with E-state index in [4.69, 9.17) is 0 Å². The van der Waals surface area contributed by atoms with E-state index in [0.29, 0.717) is 0 Å². The summed E-state index contributed by atoms with van der Waals surface area (Å²) in [4.78, 5) is 0. The lowest BCUT2D eigenvalue weighted by atomic mass is 9.81. The second-order valence-electron chi connectivity index (χ2n) is 7.63. The second-order valence-corrected chi connectivity index (χ2v) is 8.88. The fraction of sp³-hybridized carbons (Fsp3) is 0.154. The molecule has 134 valence electrons. The fourth-order valence-corrected chi connectivity index (χ4v) is 4.68. The van der Waals surface area contributed by atoms with E-state index in [-0.39, 0.29) is 5.41 Å². The molecule has 0 amide bonds. The highest BCUT2D eigenvalue weighted by molar-refractivity contribution is 14.1.